The first-order chi connectivity index (χ1) is 12.2. The highest BCUT2D eigenvalue weighted by molar-refractivity contribution is 7.18. The van der Waals surface area contributed by atoms with E-state index in [9.17, 15) is 9.59 Å². The van der Waals surface area contributed by atoms with Gasteiger partial charge in [-0.2, -0.15) is 5.21 Å². The van der Waals surface area contributed by atoms with Gasteiger partial charge >= 0.3 is 0 Å². The van der Waals surface area contributed by atoms with E-state index < -0.39 is 5.91 Å². The average molecular weight is 355 g/mol. The molecule has 4 aromatic rings. The third-order valence-corrected chi connectivity index (χ3v) is 4.77. The monoisotopic (exact) mass is 355 g/mol. The molecule has 0 aliphatic carbocycles. The minimum absolute atomic E-state index is 0.0630. The Balaban J connectivity index is 1.79. The van der Waals surface area contributed by atoms with Gasteiger partial charge in [-0.15, -0.1) is 16.4 Å². The molecule has 0 fully saturated rings. The molecule has 25 heavy (non-hydrogen) atoms. The Morgan fingerprint density at radius 1 is 1.40 bits per heavy atom. The third kappa shape index (κ3) is 2.76. The van der Waals surface area contributed by atoms with Crippen molar-refractivity contribution in [1.29, 1.82) is 0 Å². The van der Waals surface area contributed by atoms with E-state index in [-0.39, 0.29) is 11.5 Å². The lowest BCUT2D eigenvalue weighted by Gasteiger charge is -2.04. The van der Waals surface area contributed by atoms with Crippen LogP contribution in [-0.2, 0) is 6.42 Å². The van der Waals surface area contributed by atoms with Crippen molar-refractivity contribution in [2.45, 2.75) is 19.8 Å². The summed E-state index contributed by atoms with van der Waals surface area (Å²) in [6, 6.07) is 5.13. The molecule has 9 nitrogen and oxygen atoms in total. The van der Waals surface area contributed by atoms with Crippen molar-refractivity contribution < 1.29 is 4.79 Å². The lowest BCUT2D eigenvalue weighted by atomic mass is 10.2. The van der Waals surface area contributed by atoms with E-state index in [2.05, 4.69) is 37.8 Å². The molecule has 126 valence electrons. The van der Waals surface area contributed by atoms with Crippen molar-refractivity contribution >= 4 is 39.1 Å². The van der Waals surface area contributed by atoms with Gasteiger partial charge < -0.3 is 0 Å². The number of thiophene rings is 1. The van der Waals surface area contributed by atoms with Crippen LogP contribution in [0.3, 0.4) is 0 Å². The van der Waals surface area contributed by atoms with Gasteiger partial charge in [0, 0.05) is 11.1 Å². The van der Waals surface area contributed by atoms with Gasteiger partial charge in [-0.3, -0.25) is 19.3 Å². The van der Waals surface area contributed by atoms with E-state index in [1.54, 1.807) is 12.1 Å². The van der Waals surface area contributed by atoms with E-state index in [0.29, 0.717) is 16.6 Å². The number of aromatic nitrogens is 6. The number of aryl methyl sites for hydroxylation is 1. The summed E-state index contributed by atoms with van der Waals surface area (Å²) in [6.07, 6.45) is 3.39. The largest absolute Gasteiger partial charge is 0.288 e. The van der Waals surface area contributed by atoms with E-state index >= 15 is 0 Å². The highest BCUT2D eigenvalue weighted by Crippen LogP contribution is 2.23. The molecule has 0 aliphatic heterocycles. The summed E-state index contributed by atoms with van der Waals surface area (Å²) < 4.78 is 1.38. The third-order valence-electron chi connectivity index (χ3n) is 3.69. The minimum atomic E-state index is -0.438. The molecule has 1 amide bonds. The lowest BCUT2D eigenvalue weighted by molar-refractivity contribution is 0.102. The molecule has 0 spiro atoms. The van der Waals surface area contributed by atoms with Crippen molar-refractivity contribution in [3.05, 3.63) is 45.2 Å². The first-order valence-corrected chi connectivity index (χ1v) is 8.47. The van der Waals surface area contributed by atoms with Crippen LogP contribution in [0.25, 0.3) is 15.9 Å². The van der Waals surface area contributed by atoms with Gasteiger partial charge in [0.25, 0.3) is 17.4 Å². The maximum absolute atomic E-state index is 12.8. The SMILES string of the molecule is CCCc1cc2c(=O)n3cc(C(=O)Nc4nn[nH]n4)ccc3nc2s1. The van der Waals surface area contributed by atoms with Crippen LogP contribution < -0.4 is 10.9 Å². The number of amides is 1. The predicted molar refractivity (Wildman–Crippen MR) is 93.0 cm³/mol. The number of nitrogens with zero attached hydrogens (tertiary/aromatic N) is 5. The van der Waals surface area contributed by atoms with Crippen LogP contribution in [0.5, 0.6) is 0 Å². The molecule has 0 atom stereocenters. The fraction of sp³-hybridized carbons (Fsp3) is 0.200. The molecule has 0 saturated carbocycles. The van der Waals surface area contributed by atoms with Crippen molar-refractivity contribution in [2.75, 3.05) is 5.32 Å². The Hall–Kier alpha value is -3.14. The Labute approximate surface area is 144 Å². The minimum Gasteiger partial charge on any atom is -0.288 e. The summed E-state index contributed by atoms with van der Waals surface area (Å²) in [6.45, 7) is 2.09. The molecule has 4 rings (SSSR count). The maximum atomic E-state index is 12.8. The molecule has 4 aromatic heterocycles. The number of tetrazole rings is 1. The number of nitrogens with one attached hydrogen (secondary N) is 2. The van der Waals surface area contributed by atoms with Crippen LogP contribution in [0.15, 0.2) is 29.2 Å². The summed E-state index contributed by atoms with van der Waals surface area (Å²) in [7, 11) is 0. The number of carbonyl (C=O) groups is 1. The zero-order chi connectivity index (χ0) is 17.4. The molecular weight excluding hydrogens is 342 g/mol. The molecule has 2 N–H and O–H groups in total. The van der Waals surface area contributed by atoms with Gasteiger partial charge in [0.1, 0.15) is 10.5 Å². The predicted octanol–water partition coefficient (Wildman–Crippen LogP) is 1.63. The van der Waals surface area contributed by atoms with Crippen LogP contribution in [-0.4, -0.2) is 35.9 Å². The first-order valence-electron chi connectivity index (χ1n) is 7.65. The second kappa shape index (κ2) is 6.06. The average Bonchev–Trinajstić information content (AvgIpc) is 3.25. The highest BCUT2D eigenvalue weighted by Gasteiger charge is 2.13. The van der Waals surface area contributed by atoms with Gasteiger partial charge in [-0.25, -0.2) is 4.98 Å². The molecule has 0 radical (unpaired) electrons. The van der Waals surface area contributed by atoms with Gasteiger partial charge in [-0.1, -0.05) is 18.4 Å². The Morgan fingerprint density at radius 3 is 3.04 bits per heavy atom. The summed E-state index contributed by atoms with van der Waals surface area (Å²) in [5, 5.41) is 16.0. The van der Waals surface area contributed by atoms with Crippen LogP contribution in [0.1, 0.15) is 28.6 Å². The van der Waals surface area contributed by atoms with Gasteiger partial charge in [0.2, 0.25) is 0 Å². The first kappa shape index (κ1) is 15.4. The second-order valence-electron chi connectivity index (χ2n) is 5.43. The number of carbonyl (C=O) groups excluding carboxylic acids is 1. The lowest BCUT2D eigenvalue weighted by Crippen LogP contribution is -2.18. The van der Waals surface area contributed by atoms with E-state index in [1.807, 2.05) is 6.07 Å². The number of pyridine rings is 1. The molecule has 0 saturated heterocycles. The highest BCUT2D eigenvalue weighted by atomic mass is 32.1. The van der Waals surface area contributed by atoms with Crippen LogP contribution >= 0.6 is 11.3 Å². The van der Waals surface area contributed by atoms with Crippen LogP contribution in [0.4, 0.5) is 5.95 Å². The maximum Gasteiger partial charge on any atom is 0.270 e. The van der Waals surface area contributed by atoms with Gasteiger partial charge in [0.05, 0.1) is 10.9 Å². The fourth-order valence-corrected chi connectivity index (χ4v) is 3.67. The number of hydrogen-bond acceptors (Lipinski definition) is 7. The Morgan fingerprint density at radius 2 is 2.28 bits per heavy atom. The van der Waals surface area contributed by atoms with Gasteiger partial charge in [0.15, 0.2) is 0 Å². The van der Waals surface area contributed by atoms with Crippen molar-refractivity contribution in [2.24, 2.45) is 0 Å². The molecular formula is C15H13N7O2S. The van der Waals surface area contributed by atoms with E-state index in [4.69, 9.17) is 0 Å². The quantitative estimate of drug-likeness (QED) is 0.574. The van der Waals surface area contributed by atoms with Crippen LogP contribution in [0, 0.1) is 0 Å². The van der Waals surface area contributed by atoms with Crippen LogP contribution in [0.2, 0.25) is 0 Å². The van der Waals surface area contributed by atoms with Crippen molar-refractivity contribution in [1.82, 2.24) is 30.0 Å². The fourth-order valence-electron chi connectivity index (χ4n) is 2.54. The van der Waals surface area contributed by atoms with Crippen molar-refractivity contribution in [3.8, 4) is 0 Å². The Bertz CT molecular complexity index is 1130. The second-order valence-corrected chi connectivity index (χ2v) is 6.55. The zero-order valence-electron chi connectivity index (χ0n) is 13.2. The molecule has 4 heterocycles. The number of hydrogen-bond donors (Lipinski definition) is 2. The zero-order valence-corrected chi connectivity index (χ0v) is 14.0. The molecule has 10 heteroatoms. The summed E-state index contributed by atoms with van der Waals surface area (Å²) >= 11 is 1.53. The summed E-state index contributed by atoms with van der Waals surface area (Å²) in [5.41, 5.74) is 0.607. The number of rotatable bonds is 4. The standard InChI is InChI=1S/C15H13N7O2S/c1-2-3-9-6-10-13(25-9)16-11-5-4-8(7-22(11)14(10)24)12(23)17-15-18-20-21-19-15/h4-7H,2-3H2,1H3,(H2,17,18,19,20,21,23). The van der Waals surface area contributed by atoms with E-state index in [1.165, 1.54) is 21.9 Å². The Kier molecular flexibility index (Phi) is 3.73. The smallest absolute Gasteiger partial charge is 0.270 e. The summed E-state index contributed by atoms with van der Waals surface area (Å²) in [4.78, 5) is 31.4. The molecule has 0 aromatic carbocycles. The van der Waals surface area contributed by atoms with E-state index in [0.717, 1.165) is 22.5 Å². The normalized spacial score (nSPS) is 11.2. The molecule has 0 aliphatic rings. The van der Waals surface area contributed by atoms with Gasteiger partial charge in [-0.05, 0) is 29.8 Å². The molecule has 0 bridgehead atoms. The number of aromatic amines is 1. The van der Waals surface area contributed by atoms with Crippen molar-refractivity contribution in [3.63, 3.8) is 0 Å². The number of fused-ring (bicyclic) bond motifs is 2. The number of H-pyrrole nitrogens is 1. The number of anilines is 1. The topological polar surface area (TPSA) is 118 Å². The summed E-state index contributed by atoms with van der Waals surface area (Å²) in [5.74, 6) is -0.375. The molecule has 0 unspecified atom stereocenters.